The van der Waals surface area contributed by atoms with Crippen molar-refractivity contribution in [1.82, 2.24) is 25.3 Å². The van der Waals surface area contributed by atoms with Gasteiger partial charge < -0.3 is 15.4 Å². The Labute approximate surface area is 198 Å². The van der Waals surface area contributed by atoms with Gasteiger partial charge in [0.1, 0.15) is 27.1 Å². The third kappa shape index (κ3) is 5.67. The SMILES string of the molecule is COc1ncnc(C(=O)N[C@H](C)c2ncc(C(=O)Nc3cc(C(F)(F)F)c(Cl)cn3)s2)c1Cl. The molecule has 0 aromatic carbocycles. The minimum Gasteiger partial charge on any atom is -0.480 e. The van der Waals surface area contributed by atoms with E-state index in [-0.39, 0.29) is 27.3 Å². The molecule has 174 valence electrons. The minimum absolute atomic E-state index is 0.0298. The summed E-state index contributed by atoms with van der Waals surface area (Å²) in [7, 11) is 1.34. The molecule has 2 amide bonds. The molecule has 3 aromatic heterocycles. The first kappa shape index (κ1) is 24.6. The first-order valence-corrected chi connectivity index (χ1v) is 10.4. The van der Waals surface area contributed by atoms with E-state index in [2.05, 4.69) is 30.6 Å². The molecule has 2 N–H and O–H groups in total. The number of pyridine rings is 1. The minimum atomic E-state index is -4.71. The van der Waals surface area contributed by atoms with Gasteiger partial charge in [0.05, 0.1) is 29.9 Å². The molecule has 0 aliphatic carbocycles. The van der Waals surface area contributed by atoms with Crippen LogP contribution in [0.15, 0.2) is 24.8 Å². The summed E-state index contributed by atoms with van der Waals surface area (Å²) < 4.78 is 43.9. The van der Waals surface area contributed by atoms with Gasteiger partial charge in [0, 0.05) is 6.20 Å². The number of rotatable bonds is 6. The van der Waals surface area contributed by atoms with Crippen molar-refractivity contribution < 1.29 is 27.5 Å². The van der Waals surface area contributed by atoms with Crippen LogP contribution in [-0.2, 0) is 6.18 Å². The molecule has 0 radical (unpaired) electrons. The summed E-state index contributed by atoms with van der Waals surface area (Å²) in [6.45, 7) is 1.61. The van der Waals surface area contributed by atoms with Crippen LogP contribution in [0.1, 0.15) is 43.7 Å². The zero-order valence-corrected chi connectivity index (χ0v) is 19.0. The van der Waals surface area contributed by atoms with E-state index in [1.807, 2.05) is 0 Å². The van der Waals surface area contributed by atoms with Crippen LogP contribution in [0, 0.1) is 0 Å². The smallest absolute Gasteiger partial charge is 0.418 e. The van der Waals surface area contributed by atoms with Crippen LogP contribution < -0.4 is 15.4 Å². The summed E-state index contributed by atoms with van der Waals surface area (Å²) in [6, 6.07) is -0.0170. The number of ether oxygens (including phenoxy) is 1. The molecule has 3 rings (SSSR count). The molecule has 0 spiro atoms. The van der Waals surface area contributed by atoms with E-state index in [4.69, 9.17) is 27.9 Å². The molecule has 9 nitrogen and oxygen atoms in total. The Bertz CT molecular complexity index is 1210. The number of carbonyl (C=O) groups excluding carboxylic acids is 2. The Hall–Kier alpha value is -3.03. The van der Waals surface area contributed by atoms with Gasteiger partial charge in [0.15, 0.2) is 5.69 Å². The van der Waals surface area contributed by atoms with Crippen LogP contribution in [0.3, 0.4) is 0 Å². The predicted octanol–water partition coefficient (Wildman–Crippen LogP) is 4.41. The predicted molar refractivity (Wildman–Crippen MR) is 114 cm³/mol. The van der Waals surface area contributed by atoms with Gasteiger partial charge in [-0.2, -0.15) is 13.2 Å². The second-order valence-electron chi connectivity index (χ2n) is 6.30. The lowest BCUT2D eigenvalue weighted by atomic mass is 10.2. The fraction of sp³-hybridized carbons (Fsp3) is 0.222. The molecule has 3 aromatic rings. The van der Waals surface area contributed by atoms with Crippen LogP contribution in [-0.4, -0.2) is 38.9 Å². The molecule has 0 saturated carbocycles. The first-order valence-electron chi connectivity index (χ1n) is 8.86. The molecule has 15 heteroatoms. The molecular weight excluding hydrogens is 508 g/mol. The molecular formula is C18H13Cl2F3N6O3S. The number of carbonyl (C=O) groups is 2. The van der Waals surface area contributed by atoms with Crippen LogP contribution in [0.2, 0.25) is 10.0 Å². The molecule has 3 heterocycles. The maximum absolute atomic E-state index is 13.0. The Morgan fingerprint density at radius 1 is 1.12 bits per heavy atom. The Kier molecular flexibility index (Phi) is 7.34. The first-order chi connectivity index (χ1) is 15.5. The average Bonchev–Trinajstić information content (AvgIpc) is 3.25. The Balaban J connectivity index is 1.70. The fourth-order valence-electron chi connectivity index (χ4n) is 2.48. The number of amides is 2. The number of nitrogens with one attached hydrogen (secondary N) is 2. The van der Waals surface area contributed by atoms with Crippen LogP contribution in [0.4, 0.5) is 19.0 Å². The van der Waals surface area contributed by atoms with E-state index in [0.29, 0.717) is 11.1 Å². The number of thiazole rings is 1. The largest absolute Gasteiger partial charge is 0.480 e. The van der Waals surface area contributed by atoms with Crippen LogP contribution >= 0.6 is 34.5 Å². The molecule has 0 bridgehead atoms. The highest BCUT2D eigenvalue weighted by atomic mass is 35.5. The standard InChI is InChI=1S/C18H13Cl2F3N6O3S/c1-7(28-15(31)13-12(20)16(32-2)27-6-26-13)17-25-5-10(33-17)14(30)29-11-3-8(18(21,22)23)9(19)4-24-11/h3-7H,1-2H3,(H,28,31)(H,24,29,30)/t7-/m1/s1. The van der Waals surface area contributed by atoms with Crippen molar-refractivity contribution in [2.45, 2.75) is 19.1 Å². The van der Waals surface area contributed by atoms with Gasteiger partial charge in [-0.3, -0.25) is 9.59 Å². The molecule has 0 fully saturated rings. The van der Waals surface area contributed by atoms with Gasteiger partial charge in [0.25, 0.3) is 11.8 Å². The van der Waals surface area contributed by atoms with Crippen LogP contribution in [0.25, 0.3) is 0 Å². The number of hydrogen-bond donors (Lipinski definition) is 2. The molecule has 0 aliphatic rings. The zero-order valence-electron chi connectivity index (χ0n) is 16.7. The number of halogens is 5. The topological polar surface area (TPSA) is 119 Å². The van der Waals surface area contributed by atoms with Crippen molar-refractivity contribution >= 4 is 52.2 Å². The number of aromatic nitrogens is 4. The Morgan fingerprint density at radius 3 is 2.52 bits per heavy atom. The van der Waals surface area contributed by atoms with Gasteiger partial charge in [-0.05, 0) is 13.0 Å². The lowest BCUT2D eigenvalue weighted by Crippen LogP contribution is -2.27. The summed E-state index contributed by atoms with van der Waals surface area (Å²) in [5.41, 5.74) is -1.24. The summed E-state index contributed by atoms with van der Waals surface area (Å²) in [4.78, 5) is 40.4. The van der Waals surface area contributed by atoms with Crippen LogP contribution in [0.5, 0.6) is 5.88 Å². The van der Waals surface area contributed by atoms with E-state index in [1.165, 1.54) is 13.3 Å². The Morgan fingerprint density at radius 2 is 1.85 bits per heavy atom. The molecule has 0 saturated heterocycles. The quantitative estimate of drug-likeness (QED) is 0.494. The van der Waals surface area contributed by atoms with Crippen molar-refractivity contribution in [3.63, 3.8) is 0 Å². The summed E-state index contributed by atoms with van der Waals surface area (Å²) in [5, 5.41) is 4.58. The van der Waals surface area contributed by atoms with Gasteiger partial charge in [-0.15, -0.1) is 11.3 Å². The normalized spacial score (nSPS) is 12.2. The molecule has 33 heavy (non-hydrogen) atoms. The third-order valence-electron chi connectivity index (χ3n) is 4.03. The van der Waals surface area contributed by atoms with Gasteiger partial charge >= 0.3 is 6.18 Å². The molecule has 0 aliphatic heterocycles. The van der Waals surface area contributed by atoms with E-state index in [9.17, 15) is 22.8 Å². The fourth-order valence-corrected chi connectivity index (χ4v) is 3.76. The maximum atomic E-state index is 13.0. The number of methoxy groups -OCH3 is 1. The van der Waals surface area contributed by atoms with Gasteiger partial charge in [-0.1, -0.05) is 23.2 Å². The number of anilines is 1. The van der Waals surface area contributed by atoms with E-state index in [0.717, 1.165) is 23.9 Å². The van der Waals surface area contributed by atoms with Crippen molar-refractivity contribution in [3.05, 3.63) is 56.0 Å². The summed E-state index contributed by atoms with van der Waals surface area (Å²) >= 11 is 12.5. The number of hydrogen-bond acceptors (Lipinski definition) is 8. The van der Waals surface area contributed by atoms with Gasteiger partial charge in [-0.25, -0.2) is 19.9 Å². The molecule has 1 atom stereocenters. The second kappa shape index (κ2) is 9.85. The molecule has 0 unspecified atom stereocenters. The lowest BCUT2D eigenvalue weighted by Gasteiger charge is -2.12. The highest BCUT2D eigenvalue weighted by Gasteiger charge is 2.34. The third-order valence-corrected chi connectivity index (χ3v) is 5.85. The van der Waals surface area contributed by atoms with Crippen molar-refractivity contribution in [2.75, 3.05) is 12.4 Å². The van der Waals surface area contributed by atoms with E-state index >= 15 is 0 Å². The maximum Gasteiger partial charge on any atom is 0.418 e. The van der Waals surface area contributed by atoms with Crippen molar-refractivity contribution in [2.24, 2.45) is 0 Å². The van der Waals surface area contributed by atoms with Crippen molar-refractivity contribution in [3.8, 4) is 5.88 Å². The second-order valence-corrected chi connectivity index (χ2v) is 8.15. The number of nitrogens with zero attached hydrogens (tertiary/aromatic N) is 4. The zero-order chi connectivity index (χ0) is 24.3. The highest BCUT2D eigenvalue weighted by molar-refractivity contribution is 7.13. The monoisotopic (exact) mass is 520 g/mol. The summed E-state index contributed by atoms with van der Waals surface area (Å²) in [5.74, 6) is -1.66. The lowest BCUT2D eigenvalue weighted by molar-refractivity contribution is -0.137. The van der Waals surface area contributed by atoms with E-state index in [1.54, 1.807) is 6.92 Å². The summed E-state index contributed by atoms with van der Waals surface area (Å²) in [6.07, 6.45) is -1.57. The van der Waals surface area contributed by atoms with Crippen molar-refractivity contribution in [1.29, 1.82) is 0 Å². The van der Waals surface area contributed by atoms with E-state index < -0.39 is 34.6 Å². The highest BCUT2D eigenvalue weighted by Crippen LogP contribution is 2.35. The van der Waals surface area contributed by atoms with Gasteiger partial charge in [0.2, 0.25) is 5.88 Å². The number of alkyl halides is 3. The average molecular weight is 521 g/mol.